The molecule has 0 atom stereocenters. The zero-order valence-corrected chi connectivity index (χ0v) is 29.0. The summed E-state index contributed by atoms with van der Waals surface area (Å²) in [6, 6.07) is 50.5. The van der Waals surface area contributed by atoms with Crippen LogP contribution in [0.3, 0.4) is 0 Å². The van der Waals surface area contributed by atoms with Crippen molar-refractivity contribution >= 4 is 60.9 Å². The fraction of sp³-hybridized carbons (Fsp3) is 0.125. The number of hydrogen-bond donors (Lipinski definition) is 0. The Labute approximate surface area is 296 Å². The number of benzene rings is 7. The van der Waals surface area contributed by atoms with Gasteiger partial charge in [0.2, 0.25) is 0 Å². The standard InChI is InChI=1S/C48H35NO2/c1-47(2)35-18-9-6-15-33(35)43-36(47)25-26-42-45(43)44-38(19-12-22-41(44)50-42)49(39-20-11-16-32-31-14-7-10-21-40(31)51-46(32)39)28-23-24-30-29-13-5-8-17-34(29)48(3,4)37(30)27-28/h5-27H,1-4H3. The van der Waals surface area contributed by atoms with Gasteiger partial charge in [-0.1, -0.05) is 125 Å². The molecule has 2 aliphatic carbocycles. The number of furan rings is 2. The molecule has 0 radical (unpaired) electrons. The number of anilines is 3. The van der Waals surface area contributed by atoms with Gasteiger partial charge < -0.3 is 13.7 Å². The van der Waals surface area contributed by atoms with Gasteiger partial charge in [-0.3, -0.25) is 0 Å². The van der Waals surface area contributed by atoms with Crippen LogP contribution in [0.4, 0.5) is 17.1 Å². The summed E-state index contributed by atoms with van der Waals surface area (Å²) in [5, 5.41) is 4.48. The Balaban J connectivity index is 1.26. The van der Waals surface area contributed by atoms with E-state index in [4.69, 9.17) is 8.83 Å². The van der Waals surface area contributed by atoms with Gasteiger partial charge in [-0.05, 0) is 87.0 Å². The molecule has 3 nitrogen and oxygen atoms in total. The third-order valence-electron chi connectivity index (χ3n) is 11.9. The summed E-state index contributed by atoms with van der Waals surface area (Å²) in [4.78, 5) is 2.41. The Hall–Kier alpha value is -6.06. The molecule has 2 aliphatic rings. The highest BCUT2D eigenvalue weighted by molar-refractivity contribution is 6.21. The van der Waals surface area contributed by atoms with Crippen LogP contribution in [0.25, 0.3) is 66.1 Å². The first-order valence-corrected chi connectivity index (χ1v) is 17.9. The number of fused-ring (bicyclic) bond motifs is 13. The highest BCUT2D eigenvalue weighted by Crippen LogP contribution is 2.56. The van der Waals surface area contributed by atoms with E-state index >= 15 is 0 Å². The number of nitrogens with zero attached hydrogens (tertiary/aromatic N) is 1. The second-order valence-corrected chi connectivity index (χ2v) is 15.3. The predicted octanol–water partition coefficient (Wildman–Crippen LogP) is 13.6. The van der Waals surface area contributed by atoms with E-state index < -0.39 is 0 Å². The van der Waals surface area contributed by atoms with Crippen molar-refractivity contribution in [1.29, 1.82) is 0 Å². The van der Waals surface area contributed by atoms with E-state index in [2.05, 4.69) is 166 Å². The zero-order chi connectivity index (χ0) is 34.2. The van der Waals surface area contributed by atoms with Crippen molar-refractivity contribution in [3.05, 3.63) is 162 Å². The van der Waals surface area contributed by atoms with Crippen molar-refractivity contribution < 1.29 is 8.83 Å². The summed E-state index contributed by atoms with van der Waals surface area (Å²) < 4.78 is 13.5. The maximum Gasteiger partial charge on any atom is 0.159 e. The molecule has 11 rings (SSSR count). The molecule has 9 aromatic rings. The minimum absolute atomic E-state index is 0.126. The normalized spacial score (nSPS) is 15.0. The summed E-state index contributed by atoms with van der Waals surface area (Å²) in [6.07, 6.45) is 0. The molecule has 0 saturated heterocycles. The first kappa shape index (κ1) is 28.7. The first-order chi connectivity index (χ1) is 24.8. The lowest BCUT2D eigenvalue weighted by Gasteiger charge is -2.28. The highest BCUT2D eigenvalue weighted by atomic mass is 16.3. The maximum absolute atomic E-state index is 6.76. The van der Waals surface area contributed by atoms with Gasteiger partial charge in [0.25, 0.3) is 0 Å². The van der Waals surface area contributed by atoms with Gasteiger partial charge in [0.15, 0.2) is 5.58 Å². The minimum atomic E-state index is -0.149. The van der Waals surface area contributed by atoms with E-state index in [1.807, 2.05) is 6.07 Å². The van der Waals surface area contributed by atoms with Crippen LogP contribution in [-0.2, 0) is 10.8 Å². The molecule has 0 saturated carbocycles. The van der Waals surface area contributed by atoms with Crippen molar-refractivity contribution in [2.75, 3.05) is 4.90 Å². The van der Waals surface area contributed by atoms with Crippen LogP contribution in [0.15, 0.2) is 148 Å². The van der Waals surface area contributed by atoms with Crippen molar-refractivity contribution in [2.45, 2.75) is 38.5 Å². The lowest BCUT2D eigenvalue weighted by molar-refractivity contribution is 0.656. The molecule has 244 valence electrons. The van der Waals surface area contributed by atoms with Gasteiger partial charge in [-0.2, -0.15) is 0 Å². The van der Waals surface area contributed by atoms with Gasteiger partial charge in [0.1, 0.15) is 16.7 Å². The van der Waals surface area contributed by atoms with Gasteiger partial charge >= 0.3 is 0 Å². The van der Waals surface area contributed by atoms with Crippen LogP contribution in [0.2, 0.25) is 0 Å². The van der Waals surface area contributed by atoms with Crippen molar-refractivity contribution in [3.63, 3.8) is 0 Å². The highest BCUT2D eigenvalue weighted by Gasteiger charge is 2.39. The molecule has 0 N–H and O–H groups in total. The first-order valence-electron chi connectivity index (χ1n) is 17.9. The average Bonchev–Trinajstić information content (AvgIpc) is 3.85. The van der Waals surface area contributed by atoms with E-state index in [-0.39, 0.29) is 10.8 Å². The Kier molecular flexibility index (Phi) is 5.52. The summed E-state index contributed by atoms with van der Waals surface area (Å²) in [5.74, 6) is 0. The third kappa shape index (κ3) is 3.68. The molecule has 0 aliphatic heterocycles. The molecule has 0 bridgehead atoms. The summed E-state index contributed by atoms with van der Waals surface area (Å²) in [5.41, 5.74) is 16.9. The van der Waals surface area contributed by atoms with Gasteiger partial charge in [-0.15, -0.1) is 0 Å². The molecule has 2 aromatic heterocycles. The third-order valence-corrected chi connectivity index (χ3v) is 11.9. The topological polar surface area (TPSA) is 29.5 Å². The predicted molar refractivity (Wildman–Crippen MR) is 211 cm³/mol. The van der Waals surface area contributed by atoms with Crippen LogP contribution < -0.4 is 4.90 Å². The molecule has 0 spiro atoms. The Morgan fingerprint density at radius 3 is 1.92 bits per heavy atom. The summed E-state index contributed by atoms with van der Waals surface area (Å²) in [6.45, 7) is 9.37. The molecule has 2 heterocycles. The fourth-order valence-electron chi connectivity index (χ4n) is 9.42. The van der Waals surface area contributed by atoms with Gasteiger partial charge in [0, 0.05) is 32.7 Å². The average molecular weight is 658 g/mol. The zero-order valence-electron chi connectivity index (χ0n) is 29.0. The van der Waals surface area contributed by atoms with Crippen LogP contribution in [0.1, 0.15) is 49.9 Å². The summed E-state index contributed by atoms with van der Waals surface area (Å²) in [7, 11) is 0. The number of hydrogen-bond acceptors (Lipinski definition) is 3. The smallest absolute Gasteiger partial charge is 0.159 e. The van der Waals surface area contributed by atoms with E-state index in [1.54, 1.807) is 0 Å². The minimum Gasteiger partial charge on any atom is -0.456 e. The molecule has 0 fully saturated rings. The van der Waals surface area contributed by atoms with E-state index in [0.717, 1.165) is 60.9 Å². The Bertz CT molecular complexity index is 2940. The Morgan fingerprint density at radius 2 is 1.06 bits per heavy atom. The molecular formula is C48H35NO2. The second-order valence-electron chi connectivity index (χ2n) is 15.3. The molecule has 3 heteroatoms. The van der Waals surface area contributed by atoms with E-state index in [9.17, 15) is 0 Å². The van der Waals surface area contributed by atoms with Gasteiger partial charge in [0.05, 0.1) is 16.8 Å². The van der Waals surface area contributed by atoms with Crippen LogP contribution >= 0.6 is 0 Å². The van der Waals surface area contributed by atoms with Crippen LogP contribution in [0, 0.1) is 0 Å². The van der Waals surface area contributed by atoms with Crippen molar-refractivity contribution in [2.24, 2.45) is 0 Å². The molecule has 0 unspecified atom stereocenters. The summed E-state index contributed by atoms with van der Waals surface area (Å²) >= 11 is 0. The van der Waals surface area contributed by atoms with Crippen molar-refractivity contribution in [1.82, 2.24) is 0 Å². The molecule has 7 aromatic carbocycles. The molecular weight excluding hydrogens is 623 g/mol. The van der Waals surface area contributed by atoms with Crippen LogP contribution in [-0.4, -0.2) is 0 Å². The lowest BCUT2D eigenvalue weighted by Crippen LogP contribution is -2.16. The maximum atomic E-state index is 6.76. The van der Waals surface area contributed by atoms with Gasteiger partial charge in [-0.25, -0.2) is 0 Å². The molecule has 0 amide bonds. The lowest BCUT2D eigenvalue weighted by atomic mass is 9.82. The van der Waals surface area contributed by atoms with Crippen LogP contribution in [0.5, 0.6) is 0 Å². The number of para-hydroxylation sites is 2. The van der Waals surface area contributed by atoms with E-state index in [1.165, 1.54) is 44.5 Å². The Morgan fingerprint density at radius 1 is 0.431 bits per heavy atom. The second kappa shape index (κ2) is 9.80. The monoisotopic (exact) mass is 657 g/mol. The SMILES string of the molecule is CC1(C)c2ccccc2-c2ccc(N(c3cccc4c3oc3ccccc34)c3cccc4oc5ccc6c(c5c34)-c3ccccc3C6(C)C)cc21. The van der Waals surface area contributed by atoms with Crippen molar-refractivity contribution in [3.8, 4) is 22.3 Å². The van der Waals surface area contributed by atoms with E-state index in [0.29, 0.717) is 0 Å². The fourth-order valence-corrected chi connectivity index (χ4v) is 9.42. The quantitative estimate of drug-likeness (QED) is 0.189. The number of rotatable bonds is 3. The largest absolute Gasteiger partial charge is 0.456 e. The molecule has 51 heavy (non-hydrogen) atoms.